The van der Waals surface area contributed by atoms with Gasteiger partial charge in [-0.25, -0.2) is 4.79 Å². The number of alkyl halides is 1. The molecular weight excluding hydrogens is 176 g/mol. The molecule has 1 rings (SSSR count). The van der Waals surface area contributed by atoms with Gasteiger partial charge in [0.05, 0.1) is 6.61 Å². The van der Waals surface area contributed by atoms with Gasteiger partial charge in [0.2, 0.25) is 0 Å². The van der Waals surface area contributed by atoms with Crippen molar-refractivity contribution in [3.05, 3.63) is 0 Å². The Morgan fingerprint density at radius 2 is 2.50 bits per heavy atom. The molecule has 4 heteroatoms. The average Bonchev–Trinajstić information content (AvgIpc) is 1.64. The number of hydrogen-bond acceptors (Lipinski definition) is 3. The van der Waals surface area contributed by atoms with Gasteiger partial charge in [0, 0.05) is 6.42 Å². The third-order valence-electron chi connectivity index (χ3n) is 0.789. The van der Waals surface area contributed by atoms with Crippen LogP contribution in [-0.4, -0.2) is 17.8 Å². The molecule has 0 N–H and O–H groups in total. The largest absolute Gasteiger partial charge is 0.509 e. The maximum atomic E-state index is 10.2. The molecule has 1 fully saturated rings. The highest BCUT2D eigenvalue weighted by atomic mass is 79.9. The van der Waals surface area contributed by atoms with Crippen LogP contribution in [0.3, 0.4) is 0 Å². The summed E-state index contributed by atoms with van der Waals surface area (Å²) in [4.78, 5) is 10.2. The van der Waals surface area contributed by atoms with Crippen molar-refractivity contribution >= 4 is 22.1 Å². The van der Waals surface area contributed by atoms with E-state index in [2.05, 4.69) is 25.4 Å². The fourth-order valence-electron chi connectivity index (χ4n) is 0.432. The zero-order valence-corrected chi connectivity index (χ0v) is 5.68. The lowest BCUT2D eigenvalue weighted by molar-refractivity contribution is 0.00985. The summed E-state index contributed by atoms with van der Waals surface area (Å²) in [5, 5.41) is -0.149. The first-order valence-electron chi connectivity index (χ1n) is 2.26. The lowest BCUT2D eigenvalue weighted by Crippen LogP contribution is -2.22. The van der Waals surface area contributed by atoms with E-state index in [1.807, 2.05) is 0 Å². The molecule has 0 aromatic carbocycles. The fraction of sp³-hybridized carbons (Fsp3) is 0.750. The molecule has 0 aromatic rings. The van der Waals surface area contributed by atoms with Gasteiger partial charge in [-0.05, 0) is 15.9 Å². The molecule has 3 nitrogen and oxygen atoms in total. The second kappa shape index (κ2) is 2.35. The summed E-state index contributed by atoms with van der Waals surface area (Å²) in [6, 6.07) is 0. The molecule has 0 aliphatic carbocycles. The molecule has 1 unspecified atom stereocenters. The van der Waals surface area contributed by atoms with E-state index < -0.39 is 6.16 Å². The molecule has 0 bridgehead atoms. The first kappa shape index (κ1) is 5.88. The molecule has 0 aromatic heterocycles. The molecule has 0 amide bonds. The number of carbonyl (C=O) groups excluding carboxylic acids is 1. The average molecular weight is 181 g/mol. The van der Waals surface area contributed by atoms with E-state index in [4.69, 9.17) is 0 Å². The summed E-state index contributed by atoms with van der Waals surface area (Å²) >= 11 is 3.11. The topological polar surface area (TPSA) is 35.5 Å². The van der Waals surface area contributed by atoms with Gasteiger partial charge in [0.25, 0.3) is 0 Å². The van der Waals surface area contributed by atoms with Gasteiger partial charge >= 0.3 is 6.16 Å². The smallest absolute Gasteiger partial charge is 0.434 e. The molecule has 1 saturated heterocycles. The van der Waals surface area contributed by atoms with Crippen molar-refractivity contribution in [1.29, 1.82) is 0 Å². The van der Waals surface area contributed by atoms with Crippen molar-refractivity contribution in [1.82, 2.24) is 0 Å². The third-order valence-corrected chi connectivity index (χ3v) is 1.43. The summed E-state index contributed by atoms with van der Waals surface area (Å²) in [7, 11) is 0. The van der Waals surface area contributed by atoms with E-state index in [0.717, 1.165) is 6.42 Å². The number of halogens is 1. The van der Waals surface area contributed by atoms with Crippen molar-refractivity contribution in [3.8, 4) is 0 Å². The van der Waals surface area contributed by atoms with Crippen molar-refractivity contribution < 1.29 is 14.3 Å². The fourth-order valence-corrected chi connectivity index (χ4v) is 0.772. The molecular formula is C4H5BrO3. The molecule has 0 spiro atoms. The van der Waals surface area contributed by atoms with E-state index in [0.29, 0.717) is 6.61 Å². The van der Waals surface area contributed by atoms with Gasteiger partial charge < -0.3 is 9.47 Å². The van der Waals surface area contributed by atoms with E-state index in [1.165, 1.54) is 0 Å². The normalized spacial score (nSPS) is 28.6. The highest BCUT2D eigenvalue weighted by molar-refractivity contribution is 9.09. The Morgan fingerprint density at radius 3 is 2.88 bits per heavy atom. The Hall–Kier alpha value is -0.250. The van der Waals surface area contributed by atoms with Crippen LogP contribution in [0.15, 0.2) is 0 Å². The highest BCUT2D eigenvalue weighted by Crippen LogP contribution is 2.12. The van der Waals surface area contributed by atoms with Crippen molar-refractivity contribution in [2.75, 3.05) is 6.61 Å². The second-order valence-corrected chi connectivity index (χ2v) is 2.44. The van der Waals surface area contributed by atoms with Crippen LogP contribution in [-0.2, 0) is 9.47 Å². The minimum Gasteiger partial charge on any atom is -0.434 e. The van der Waals surface area contributed by atoms with Crippen LogP contribution >= 0.6 is 15.9 Å². The van der Waals surface area contributed by atoms with E-state index in [9.17, 15) is 4.79 Å². The molecule has 1 heterocycles. The molecule has 1 atom stereocenters. The summed E-state index contributed by atoms with van der Waals surface area (Å²) in [6.07, 6.45) is 0.143. The number of ether oxygens (including phenoxy) is 2. The number of carbonyl (C=O) groups is 1. The van der Waals surface area contributed by atoms with Crippen LogP contribution in [0.4, 0.5) is 4.79 Å². The Bertz CT molecular complexity index is 103. The van der Waals surface area contributed by atoms with Gasteiger partial charge in [-0.15, -0.1) is 0 Å². The second-order valence-electron chi connectivity index (χ2n) is 1.42. The first-order valence-corrected chi connectivity index (χ1v) is 3.18. The monoisotopic (exact) mass is 180 g/mol. The quantitative estimate of drug-likeness (QED) is 0.416. The van der Waals surface area contributed by atoms with Crippen molar-refractivity contribution in [3.63, 3.8) is 0 Å². The van der Waals surface area contributed by atoms with Crippen LogP contribution in [0.2, 0.25) is 0 Å². The highest BCUT2D eigenvalue weighted by Gasteiger charge is 2.17. The summed E-state index contributed by atoms with van der Waals surface area (Å²) in [5.41, 5.74) is 0. The number of rotatable bonds is 0. The summed E-state index contributed by atoms with van der Waals surface area (Å²) in [5.74, 6) is 0. The molecule has 0 radical (unpaired) electrons. The van der Waals surface area contributed by atoms with E-state index >= 15 is 0 Å². The summed E-state index contributed by atoms with van der Waals surface area (Å²) in [6.45, 7) is 0.453. The van der Waals surface area contributed by atoms with Gasteiger partial charge in [0.1, 0.15) is 0 Å². The lowest BCUT2D eigenvalue weighted by Gasteiger charge is -2.16. The number of hydrogen-bond donors (Lipinski definition) is 0. The van der Waals surface area contributed by atoms with E-state index in [-0.39, 0.29) is 5.01 Å². The molecule has 46 valence electrons. The maximum absolute atomic E-state index is 10.2. The molecule has 1 aliphatic heterocycles. The van der Waals surface area contributed by atoms with E-state index in [1.54, 1.807) is 0 Å². The standard InChI is InChI=1S/C4H5BrO3/c5-3-1-2-7-4(6)8-3/h3H,1-2H2. The Morgan fingerprint density at radius 1 is 1.75 bits per heavy atom. The Kier molecular flexibility index (Phi) is 1.73. The van der Waals surface area contributed by atoms with Gasteiger partial charge in [0.15, 0.2) is 5.01 Å². The third kappa shape index (κ3) is 1.36. The van der Waals surface area contributed by atoms with Crippen LogP contribution in [0.1, 0.15) is 6.42 Å². The van der Waals surface area contributed by atoms with Gasteiger partial charge in [-0.2, -0.15) is 0 Å². The van der Waals surface area contributed by atoms with Crippen molar-refractivity contribution in [2.24, 2.45) is 0 Å². The predicted octanol–water partition coefficient (Wildman–Crippen LogP) is 1.26. The lowest BCUT2D eigenvalue weighted by atomic mass is 10.5. The zero-order chi connectivity index (χ0) is 5.98. The van der Waals surface area contributed by atoms with Crippen LogP contribution in [0.5, 0.6) is 0 Å². The van der Waals surface area contributed by atoms with Crippen LogP contribution < -0.4 is 0 Å². The first-order chi connectivity index (χ1) is 3.79. The predicted molar refractivity (Wildman–Crippen MR) is 29.8 cm³/mol. The van der Waals surface area contributed by atoms with Crippen molar-refractivity contribution in [2.45, 2.75) is 11.4 Å². The minimum atomic E-state index is -0.585. The summed E-state index contributed by atoms with van der Waals surface area (Å²) < 4.78 is 9.00. The maximum Gasteiger partial charge on any atom is 0.509 e. The van der Waals surface area contributed by atoms with Gasteiger partial charge in [-0.1, -0.05) is 0 Å². The molecule has 8 heavy (non-hydrogen) atoms. The molecule has 1 aliphatic rings. The van der Waals surface area contributed by atoms with Crippen LogP contribution in [0, 0.1) is 0 Å². The SMILES string of the molecule is O=C1OCCC(Br)O1. The minimum absolute atomic E-state index is 0.149. The zero-order valence-electron chi connectivity index (χ0n) is 4.09. The van der Waals surface area contributed by atoms with Gasteiger partial charge in [-0.3, -0.25) is 0 Å². The van der Waals surface area contributed by atoms with Crippen LogP contribution in [0.25, 0.3) is 0 Å². The Labute approximate surface area is 55.1 Å². The Balaban J connectivity index is 2.34. The molecule has 0 saturated carbocycles. The number of cyclic esters (lactones) is 2.